The molecule has 0 aromatic heterocycles. The van der Waals surface area contributed by atoms with Crippen LogP contribution in [0.3, 0.4) is 0 Å². The Balaban J connectivity index is 1.74. The van der Waals surface area contributed by atoms with Gasteiger partial charge in [-0.15, -0.1) is 0 Å². The lowest BCUT2D eigenvalue weighted by atomic mass is 10.0. The third kappa shape index (κ3) is 13.1. The number of rotatable bonds is 16. The first-order valence-corrected chi connectivity index (χ1v) is 16.1. The Labute approximate surface area is 287 Å². The minimum atomic E-state index is -1.48. The average molecular weight is 678 g/mol. The van der Waals surface area contributed by atoms with Crippen LogP contribution in [0.25, 0.3) is 0 Å². The molecule has 3 aromatic carbocycles. The number of methoxy groups -OCH3 is 1. The lowest BCUT2D eigenvalue weighted by Crippen LogP contribution is -2.59. The number of nitrogens with one attached hydrogen (secondary N) is 3. The molecule has 264 valence electrons. The average Bonchev–Trinajstić information content (AvgIpc) is 3.06. The molecular weight excluding hydrogens is 630 g/mol. The molecule has 0 heterocycles. The molecule has 0 aliphatic heterocycles. The van der Waals surface area contributed by atoms with Gasteiger partial charge in [-0.05, 0) is 75.6 Å². The Hall–Kier alpha value is -5.10. The van der Waals surface area contributed by atoms with Gasteiger partial charge in [0.2, 0.25) is 11.8 Å². The molecule has 0 spiro atoms. The van der Waals surface area contributed by atoms with Crippen molar-refractivity contribution in [3.63, 3.8) is 0 Å². The summed E-state index contributed by atoms with van der Waals surface area (Å²) in [5.41, 5.74) is 1.57. The number of ether oxygens (including phenoxy) is 4. The second-order valence-electron chi connectivity index (χ2n) is 12.4. The van der Waals surface area contributed by atoms with E-state index >= 15 is 0 Å². The summed E-state index contributed by atoms with van der Waals surface area (Å²) in [5, 5.41) is 18.3. The molecular formula is C37H47N3O9. The highest BCUT2D eigenvalue weighted by Gasteiger charge is 2.33. The highest BCUT2D eigenvalue weighted by atomic mass is 16.6. The fourth-order valence-electron chi connectivity index (χ4n) is 4.74. The van der Waals surface area contributed by atoms with Crippen LogP contribution in [0.2, 0.25) is 0 Å². The first-order chi connectivity index (χ1) is 23.3. The molecule has 4 N–H and O–H groups in total. The molecule has 3 aromatic rings. The molecule has 0 saturated heterocycles. The first kappa shape index (κ1) is 38.3. The van der Waals surface area contributed by atoms with Gasteiger partial charge in [0.05, 0.1) is 19.8 Å². The Morgan fingerprint density at radius 1 is 0.714 bits per heavy atom. The normalized spacial score (nSPS) is 13.5. The van der Waals surface area contributed by atoms with E-state index in [0.29, 0.717) is 30.3 Å². The Bertz CT molecular complexity index is 1500. The maximum atomic E-state index is 13.6. The van der Waals surface area contributed by atoms with Gasteiger partial charge in [-0.1, -0.05) is 54.6 Å². The van der Waals surface area contributed by atoms with E-state index in [1.54, 1.807) is 69.3 Å². The second kappa shape index (κ2) is 18.4. The molecule has 0 unspecified atom stereocenters. The number of amides is 3. The Kier molecular flexibility index (Phi) is 14.4. The van der Waals surface area contributed by atoms with E-state index in [0.717, 1.165) is 11.1 Å². The molecule has 0 fully saturated rings. The van der Waals surface area contributed by atoms with E-state index in [1.807, 2.05) is 37.3 Å². The van der Waals surface area contributed by atoms with Crippen LogP contribution in [-0.2, 0) is 43.3 Å². The van der Waals surface area contributed by atoms with Crippen LogP contribution in [-0.4, -0.2) is 72.5 Å². The molecule has 49 heavy (non-hydrogen) atoms. The summed E-state index contributed by atoms with van der Waals surface area (Å²) < 4.78 is 21.6. The van der Waals surface area contributed by atoms with Crippen LogP contribution in [0.5, 0.6) is 11.5 Å². The highest BCUT2D eigenvalue weighted by Crippen LogP contribution is 2.17. The molecule has 0 saturated carbocycles. The van der Waals surface area contributed by atoms with Crippen molar-refractivity contribution in [3.8, 4) is 11.5 Å². The number of esters is 1. The molecule has 0 bridgehead atoms. The van der Waals surface area contributed by atoms with Crippen molar-refractivity contribution in [2.24, 2.45) is 0 Å². The molecule has 4 atom stereocenters. The third-order valence-electron chi connectivity index (χ3n) is 7.16. The van der Waals surface area contributed by atoms with Gasteiger partial charge >= 0.3 is 12.1 Å². The number of alkyl carbamates (subject to hydrolysis) is 1. The van der Waals surface area contributed by atoms with E-state index in [4.69, 9.17) is 18.9 Å². The summed E-state index contributed by atoms with van der Waals surface area (Å²) in [4.78, 5) is 52.5. The van der Waals surface area contributed by atoms with Crippen molar-refractivity contribution in [2.45, 2.75) is 83.9 Å². The van der Waals surface area contributed by atoms with Crippen molar-refractivity contribution in [1.29, 1.82) is 0 Å². The quantitative estimate of drug-likeness (QED) is 0.165. The van der Waals surface area contributed by atoms with Crippen molar-refractivity contribution >= 4 is 23.9 Å². The van der Waals surface area contributed by atoms with Crippen LogP contribution in [0.15, 0.2) is 78.9 Å². The Morgan fingerprint density at radius 3 is 1.78 bits per heavy atom. The van der Waals surface area contributed by atoms with E-state index < -0.39 is 53.7 Å². The number of carbonyl (C=O) groups excluding carboxylic acids is 4. The number of carbonyl (C=O) groups is 4. The standard InChI is InChI=1S/C37H47N3O9/c1-7-47-28-17-13-26(14-18-28)22-31(35(44)46-6)38-34(43)32(24(2)41)40-33(42)30(39-36(45)49-37(3,4)5)21-25-15-19-29(20-16-25)48-23-27-11-9-8-10-12-27/h8-20,24,30-32,41H,7,21-23H2,1-6H3,(H,38,43)(H,39,45)(H,40,42)/t24-,30-,31-,32+/m0/s1. The van der Waals surface area contributed by atoms with Gasteiger partial charge in [0.15, 0.2) is 0 Å². The fourth-order valence-corrected chi connectivity index (χ4v) is 4.74. The lowest BCUT2D eigenvalue weighted by molar-refractivity contribution is -0.145. The highest BCUT2D eigenvalue weighted by molar-refractivity contribution is 5.93. The third-order valence-corrected chi connectivity index (χ3v) is 7.16. The number of aliphatic hydroxyl groups excluding tert-OH is 1. The zero-order chi connectivity index (χ0) is 36.0. The van der Waals surface area contributed by atoms with Crippen molar-refractivity contribution in [1.82, 2.24) is 16.0 Å². The minimum Gasteiger partial charge on any atom is -0.494 e. The molecule has 0 radical (unpaired) electrons. The monoisotopic (exact) mass is 677 g/mol. The van der Waals surface area contributed by atoms with Gasteiger partial charge in [-0.3, -0.25) is 9.59 Å². The van der Waals surface area contributed by atoms with Gasteiger partial charge in [-0.25, -0.2) is 9.59 Å². The van der Waals surface area contributed by atoms with Crippen molar-refractivity contribution in [2.75, 3.05) is 13.7 Å². The van der Waals surface area contributed by atoms with E-state index in [9.17, 15) is 24.3 Å². The van der Waals surface area contributed by atoms with Crippen LogP contribution in [0, 0.1) is 0 Å². The summed E-state index contributed by atoms with van der Waals surface area (Å²) in [6.45, 7) is 9.14. The summed E-state index contributed by atoms with van der Waals surface area (Å²) in [6, 6.07) is 20.0. The summed E-state index contributed by atoms with van der Waals surface area (Å²) in [6.07, 6.45) is -2.09. The van der Waals surface area contributed by atoms with Gasteiger partial charge in [0.25, 0.3) is 0 Å². The van der Waals surface area contributed by atoms with Crippen LogP contribution in [0.1, 0.15) is 51.3 Å². The molecule has 12 nitrogen and oxygen atoms in total. The maximum Gasteiger partial charge on any atom is 0.408 e. The smallest absolute Gasteiger partial charge is 0.408 e. The zero-order valence-corrected chi connectivity index (χ0v) is 28.9. The number of aliphatic hydroxyl groups is 1. The molecule has 0 aliphatic carbocycles. The predicted octanol–water partition coefficient (Wildman–Crippen LogP) is 3.87. The largest absolute Gasteiger partial charge is 0.494 e. The number of hydrogen-bond acceptors (Lipinski definition) is 9. The maximum absolute atomic E-state index is 13.6. The topological polar surface area (TPSA) is 162 Å². The molecule has 0 aliphatic rings. The van der Waals surface area contributed by atoms with Crippen LogP contribution in [0.4, 0.5) is 4.79 Å². The van der Waals surface area contributed by atoms with E-state index in [-0.39, 0.29) is 12.8 Å². The Morgan fingerprint density at radius 2 is 1.27 bits per heavy atom. The van der Waals surface area contributed by atoms with E-state index in [1.165, 1.54) is 14.0 Å². The number of benzene rings is 3. The summed E-state index contributed by atoms with van der Waals surface area (Å²) >= 11 is 0. The van der Waals surface area contributed by atoms with Gasteiger partial charge in [-0.2, -0.15) is 0 Å². The second-order valence-corrected chi connectivity index (χ2v) is 12.4. The number of hydrogen-bond donors (Lipinski definition) is 4. The van der Waals surface area contributed by atoms with Crippen LogP contribution < -0.4 is 25.4 Å². The van der Waals surface area contributed by atoms with Gasteiger partial charge in [0.1, 0.15) is 41.8 Å². The fraction of sp³-hybridized carbons (Fsp3) is 0.405. The zero-order valence-electron chi connectivity index (χ0n) is 28.9. The van der Waals surface area contributed by atoms with Crippen molar-refractivity contribution < 1.29 is 43.2 Å². The summed E-state index contributed by atoms with van der Waals surface area (Å²) in [7, 11) is 1.20. The minimum absolute atomic E-state index is 0.0285. The van der Waals surface area contributed by atoms with Gasteiger partial charge in [0, 0.05) is 12.8 Å². The predicted molar refractivity (Wildman–Crippen MR) is 183 cm³/mol. The van der Waals surface area contributed by atoms with Crippen LogP contribution >= 0.6 is 0 Å². The molecule has 12 heteroatoms. The first-order valence-electron chi connectivity index (χ1n) is 16.1. The van der Waals surface area contributed by atoms with Crippen molar-refractivity contribution in [3.05, 3.63) is 95.6 Å². The lowest BCUT2D eigenvalue weighted by Gasteiger charge is -2.27. The van der Waals surface area contributed by atoms with E-state index in [2.05, 4.69) is 16.0 Å². The molecule has 3 rings (SSSR count). The summed E-state index contributed by atoms with van der Waals surface area (Å²) in [5.74, 6) is -1.01. The van der Waals surface area contributed by atoms with Gasteiger partial charge < -0.3 is 40.0 Å². The molecule has 3 amide bonds. The SMILES string of the molecule is CCOc1ccc(C[C@H](NC(=O)[C@H](NC(=O)[C@H](Cc2ccc(OCc3ccccc3)cc2)NC(=O)OC(C)(C)C)[C@H](C)O)C(=O)OC)cc1.